The standard InChI is InChI=1S/C15H18FNO5/c1-21-14(19)8-7-13(18)17-12(15(20)22-2)9-10-5-3-4-6-11(10)16/h3-6,12H,7-9H2,1-2H3,(H,17,18)/t12-/m1/s1. The van der Waals surface area contributed by atoms with Crippen molar-refractivity contribution in [3.05, 3.63) is 35.6 Å². The molecule has 0 aromatic heterocycles. The first-order valence-electron chi connectivity index (χ1n) is 6.65. The molecule has 0 aliphatic carbocycles. The van der Waals surface area contributed by atoms with Gasteiger partial charge in [-0.1, -0.05) is 18.2 Å². The summed E-state index contributed by atoms with van der Waals surface area (Å²) < 4.78 is 22.7. The minimum absolute atomic E-state index is 0.0384. The lowest BCUT2D eigenvalue weighted by Crippen LogP contribution is -2.43. The fourth-order valence-electron chi connectivity index (χ4n) is 1.80. The molecule has 0 heterocycles. The van der Waals surface area contributed by atoms with Crippen LogP contribution in [0.15, 0.2) is 24.3 Å². The van der Waals surface area contributed by atoms with E-state index in [1.54, 1.807) is 6.07 Å². The van der Waals surface area contributed by atoms with Crippen LogP contribution in [0.5, 0.6) is 0 Å². The minimum Gasteiger partial charge on any atom is -0.469 e. The Balaban J connectivity index is 2.69. The van der Waals surface area contributed by atoms with Crippen molar-refractivity contribution >= 4 is 17.8 Å². The van der Waals surface area contributed by atoms with E-state index in [2.05, 4.69) is 14.8 Å². The van der Waals surface area contributed by atoms with E-state index in [0.717, 1.165) is 0 Å². The van der Waals surface area contributed by atoms with Crippen LogP contribution in [0, 0.1) is 5.82 Å². The molecule has 0 radical (unpaired) electrons. The largest absolute Gasteiger partial charge is 0.469 e. The van der Waals surface area contributed by atoms with Crippen LogP contribution in [0.2, 0.25) is 0 Å². The van der Waals surface area contributed by atoms with Crippen LogP contribution >= 0.6 is 0 Å². The van der Waals surface area contributed by atoms with E-state index in [9.17, 15) is 18.8 Å². The van der Waals surface area contributed by atoms with Gasteiger partial charge in [0.1, 0.15) is 11.9 Å². The third-order valence-corrected chi connectivity index (χ3v) is 2.99. The van der Waals surface area contributed by atoms with E-state index in [1.807, 2.05) is 0 Å². The predicted octanol–water partition coefficient (Wildman–Crippen LogP) is 0.979. The summed E-state index contributed by atoms with van der Waals surface area (Å²) in [6.45, 7) is 0. The van der Waals surface area contributed by atoms with Crippen molar-refractivity contribution in [2.45, 2.75) is 25.3 Å². The fourth-order valence-corrected chi connectivity index (χ4v) is 1.80. The Morgan fingerprint density at radius 2 is 1.82 bits per heavy atom. The van der Waals surface area contributed by atoms with Gasteiger partial charge in [-0.15, -0.1) is 0 Å². The topological polar surface area (TPSA) is 81.7 Å². The van der Waals surface area contributed by atoms with Gasteiger partial charge in [0, 0.05) is 12.8 Å². The number of halogens is 1. The van der Waals surface area contributed by atoms with E-state index in [0.29, 0.717) is 0 Å². The van der Waals surface area contributed by atoms with Gasteiger partial charge in [0.15, 0.2) is 0 Å². The Morgan fingerprint density at radius 1 is 1.14 bits per heavy atom. The van der Waals surface area contributed by atoms with Crippen LogP contribution in [-0.2, 0) is 30.3 Å². The monoisotopic (exact) mass is 311 g/mol. The van der Waals surface area contributed by atoms with Crippen molar-refractivity contribution in [1.82, 2.24) is 5.32 Å². The molecule has 7 heteroatoms. The third-order valence-electron chi connectivity index (χ3n) is 2.99. The summed E-state index contributed by atoms with van der Waals surface area (Å²) in [6, 6.07) is 4.92. The van der Waals surface area contributed by atoms with E-state index in [-0.39, 0.29) is 24.8 Å². The van der Waals surface area contributed by atoms with Gasteiger partial charge < -0.3 is 14.8 Å². The normalized spacial score (nSPS) is 11.4. The molecule has 120 valence electrons. The van der Waals surface area contributed by atoms with Crippen LogP contribution in [-0.4, -0.2) is 38.1 Å². The molecule has 0 bridgehead atoms. The van der Waals surface area contributed by atoms with Gasteiger partial charge in [-0.05, 0) is 11.6 Å². The number of hydrogen-bond donors (Lipinski definition) is 1. The third kappa shape index (κ3) is 5.51. The predicted molar refractivity (Wildman–Crippen MR) is 75.3 cm³/mol. The smallest absolute Gasteiger partial charge is 0.328 e. The Hall–Kier alpha value is -2.44. The molecule has 0 saturated carbocycles. The zero-order chi connectivity index (χ0) is 16.5. The number of hydrogen-bond acceptors (Lipinski definition) is 5. The zero-order valence-electron chi connectivity index (χ0n) is 12.4. The summed E-state index contributed by atoms with van der Waals surface area (Å²) in [6.07, 6.45) is -0.267. The molecule has 0 unspecified atom stereocenters. The lowest BCUT2D eigenvalue weighted by Gasteiger charge is -2.16. The molecule has 6 nitrogen and oxygen atoms in total. The molecule has 0 aliphatic heterocycles. The molecule has 0 fully saturated rings. The van der Waals surface area contributed by atoms with Gasteiger partial charge in [-0.2, -0.15) is 0 Å². The number of benzene rings is 1. The van der Waals surface area contributed by atoms with Gasteiger partial charge in [0.05, 0.1) is 20.6 Å². The average Bonchev–Trinajstić information content (AvgIpc) is 2.53. The summed E-state index contributed by atoms with van der Waals surface area (Å²) >= 11 is 0. The zero-order valence-corrected chi connectivity index (χ0v) is 12.4. The number of ether oxygens (including phenoxy) is 2. The number of rotatable bonds is 7. The molecule has 0 saturated heterocycles. The highest BCUT2D eigenvalue weighted by Crippen LogP contribution is 2.10. The highest BCUT2D eigenvalue weighted by atomic mass is 19.1. The minimum atomic E-state index is -1.02. The first-order chi connectivity index (χ1) is 10.5. The van der Waals surface area contributed by atoms with Gasteiger partial charge >= 0.3 is 11.9 Å². The maximum atomic E-state index is 13.6. The van der Waals surface area contributed by atoms with Crippen molar-refractivity contribution in [2.75, 3.05) is 14.2 Å². The summed E-state index contributed by atoms with van der Waals surface area (Å²) in [7, 11) is 2.40. The van der Waals surface area contributed by atoms with Crippen LogP contribution in [0.1, 0.15) is 18.4 Å². The number of methoxy groups -OCH3 is 2. The summed E-state index contributed by atoms with van der Waals surface area (Å²) in [5.74, 6) is -2.20. The van der Waals surface area contributed by atoms with Gasteiger partial charge in [0.2, 0.25) is 5.91 Å². The second-order valence-electron chi connectivity index (χ2n) is 4.51. The fraction of sp³-hybridized carbons (Fsp3) is 0.400. The molecule has 22 heavy (non-hydrogen) atoms. The van der Waals surface area contributed by atoms with E-state index < -0.39 is 29.7 Å². The van der Waals surface area contributed by atoms with Crippen LogP contribution in [0.3, 0.4) is 0 Å². The van der Waals surface area contributed by atoms with Crippen molar-refractivity contribution < 1.29 is 28.2 Å². The summed E-state index contributed by atoms with van der Waals surface area (Å²) in [5.41, 5.74) is 0.283. The molecule has 1 rings (SSSR count). The van der Waals surface area contributed by atoms with Crippen LogP contribution in [0.25, 0.3) is 0 Å². The van der Waals surface area contributed by atoms with E-state index in [1.165, 1.54) is 32.4 Å². The Labute approximate surface area is 127 Å². The van der Waals surface area contributed by atoms with E-state index in [4.69, 9.17) is 0 Å². The SMILES string of the molecule is COC(=O)CCC(=O)N[C@H](Cc1ccccc1F)C(=O)OC. The summed E-state index contributed by atoms with van der Waals surface area (Å²) in [5, 5.41) is 2.43. The highest BCUT2D eigenvalue weighted by Gasteiger charge is 2.23. The second kappa shape index (κ2) is 8.76. The second-order valence-corrected chi connectivity index (χ2v) is 4.51. The molecule has 1 amide bonds. The first-order valence-corrected chi connectivity index (χ1v) is 6.65. The van der Waals surface area contributed by atoms with Crippen molar-refractivity contribution in [3.63, 3.8) is 0 Å². The number of esters is 2. The maximum Gasteiger partial charge on any atom is 0.328 e. The lowest BCUT2D eigenvalue weighted by molar-refractivity contribution is -0.145. The molecule has 1 aromatic carbocycles. The van der Waals surface area contributed by atoms with Crippen LogP contribution < -0.4 is 5.32 Å². The van der Waals surface area contributed by atoms with Crippen LogP contribution in [0.4, 0.5) is 4.39 Å². The first kappa shape index (κ1) is 17.6. The Morgan fingerprint density at radius 3 is 2.41 bits per heavy atom. The Bertz CT molecular complexity index is 546. The number of carbonyl (C=O) groups excluding carboxylic acids is 3. The van der Waals surface area contributed by atoms with Crippen molar-refractivity contribution in [1.29, 1.82) is 0 Å². The van der Waals surface area contributed by atoms with Gasteiger partial charge in [-0.3, -0.25) is 9.59 Å². The van der Waals surface area contributed by atoms with Crippen molar-refractivity contribution in [2.24, 2.45) is 0 Å². The number of carbonyl (C=O) groups is 3. The van der Waals surface area contributed by atoms with Gasteiger partial charge in [0.25, 0.3) is 0 Å². The van der Waals surface area contributed by atoms with E-state index >= 15 is 0 Å². The number of amides is 1. The molecular formula is C15H18FNO5. The summed E-state index contributed by atoms with van der Waals surface area (Å²) in [4.78, 5) is 34.4. The average molecular weight is 311 g/mol. The quantitative estimate of drug-likeness (QED) is 0.759. The molecular weight excluding hydrogens is 293 g/mol. The molecule has 1 atom stereocenters. The molecule has 0 spiro atoms. The number of nitrogens with one attached hydrogen (secondary N) is 1. The maximum absolute atomic E-state index is 13.6. The molecule has 0 aliphatic rings. The van der Waals surface area contributed by atoms with Gasteiger partial charge in [-0.25, -0.2) is 9.18 Å². The van der Waals surface area contributed by atoms with Crippen molar-refractivity contribution in [3.8, 4) is 0 Å². The highest BCUT2D eigenvalue weighted by molar-refractivity contribution is 5.86. The lowest BCUT2D eigenvalue weighted by atomic mass is 10.1. The molecule has 1 N–H and O–H groups in total. The Kier molecular flexibility index (Phi) is 7.01. The molecule has 1 aromatic rings.